The van der Waals surface area contributed by atoms with Gasteiger partial charge >= 0.3 is 11.9 Å². The molecule has 1 aromatic heterocycles. The molecular formula is C11H13NO4. The molecule has 0 saturated carbocycles. The summed E-state index contributed by atoms with van der Waals surface area (Å²) in [7, 11) is 0. The summed E-state index contributed by atoms with van der Waals surface area (Å²) < 4.78 is 9.87. The van der Waals surface area contributed by atoms with Crippen LogP contribution in [-0.2, 0) is 19.1 Å². The van der Waals surface area contributed by atoms with Crippen LogP contribution in [0.4, 0.5) is 0 Å². The summed E-state index contributed by atoms with van der Waals surface area (Å²) >= 11 is 0. The first-order valence-corrected chi connectivity index (χ1v) is 4.80. The zero-order chi connectivity index (χ0) is 12.0. The molecule has 0 bridgehead atoms. The van der Waals surface area contributed by atoms with Crippen LogP contribution in [0.1, 0.15) is 25.5 Å². The average molecular weight is 223 g/mol. The maximum Gasteiger partial charge on any atom is 0.303 e. The Balaban J connectivity index is 2.71. The molecule has 1 heterocycles. The summed E-state index contributed by atoms with van der Waals surface area (Å²) in [5, 5.41) is 0. The molecule has 1 unspecified atom stereocenters. The highest BCUT2D eigenvalue weighted by atomic mass is 16.6. The van der Waals surface area contributed by atoms with Gasteiger partial charge in [0, 0.05) is 26.2 Å². The number of pyridine rings is 1. The molecule has 0 amide bonds. The summed E-state index contributed by atoms with van der Waals surface area (Å²) in [6.07, 6.45) is 2.59. The lowest BCUT2D eigenvalue weighted by Crippen LogP contribution is -2.16. The van der Waals surface area contributed by atoms with Gasteiger partial charge in [-0.25, -0.2) is 0 Å². The van der Waals surface area contributed by atoms with Crippen LogP contribution >= 0.6 is 0 Å². The van der Waals surface area contributed by atoms with Crippen molar-refractivity contribution in [3.05, 3.63) is 30.1 Å². The molecule has 1 aromatic rings. The predicted octanol–water partition coefficient (Wildman–Crippen LogP) is 1.25. The van der Waals surface area contributed by atoms with Crippen LogP contribution in [0, 0.1) is 0 Å². The first-order valence-electron chi connectivity index (χ1n) is 4.80. The molecule has 0 aliphatic heterocycles. The van der Waals surface area contributed by atoms with Gasteiger partial charge in [0.2, 0.25) is 0 Å². The molecule has 0 fully saturated rings. The normalized spacial score (nSPS) is 11.6. The second-order valence-corrected chi connectivity index (χ2v) is 3.18. The van der Waals surface area contributed by atoms with Crippen LogP contribution in [-0.4, -0.2) is 23.5 Å². The van der Waals surface area contributed by atoms with Crippen LogP contribution in [0.3, 0.4) is 0 Å². The van der Waals surface area contributed by atoms with Gasteiger partial charge in [0.05, 0.1) is 0 Å². The molecule has 1 atom stereocenters. The Morgan fingerprint density at radius 3 is 2.38 bits per heavy atom. The van der Waals surface area contributed by atoms with Gasteiger partial charge in [-0.3, -0.25) is 14.6 Å². The van der Waals surface area contributed by atoms with E-state index in [0.29, 0.717) is 0 Å². The molecule has 1 rings (SSSR count). The molecule has 86 valence electrons. The minimum absolute atomic E-state index is 0.0128. The van der Waals surface area contributed by atoms with Gasteiger partial charge in [0.1, 0.15) is 6.61 Å². The maximum atomic E-state index is 10.9. The smallest absolute Gasteiger partial charge is 0.303 e. The molecule has 5 heteroatoms. The van der Waals surface area contributed by atoms with Crippen LogP contribution in [0.5, 0.6) is 0 Å². The van der Waals surface area contributed by atoms with E-state index >= 15 is 0 Å². The van der Waals surface area contributed by atoms with Crippen molar-refractivity contribution in [1.82, 2.24) is 4.98 Å². The molecule has 0 aliphatic carbocycles. The van der Waals surface area contributed by atoms with E-state index in [9.17, 15) is 9.59 Å². The average Bonchev–Trinajstić information content (AvgIpc) is 2.25. The number of carbonyl (C=O) groups excluding carboxylic acids is 2. The Bertz CT molecular complexity index is 364. The molecule has 0 aromatic carbocycles. The van der Waals surface area contributed by atoms with Crippen molar-refractivity contribution in [1.29, 1.82) is 0 Å². The molecule has 0 saturated heterocycles. The summed E-state index contributed by atoms with van der Waals surface area (Å²) in [6, 6.07) is 3.41. The number of carbonyl (C=O) groups is 2. The zero-order valence-corrected chi connectivity index (χ0v) is 9.17. The number of esters is 2. The molecular weight excluding hydrogens is 210 g/mol. The fourth-order valence-corrected chi connectivity index (χ4v) is 1.17. The van der Waals surface area contributed by atoms with Gasteiger partial charge < -0.3 is 9.47 Å². The monoisotopic (exact) mass is 223 g/mol. The van der Waals surface area contributed by atoms with Crippen molar-refractivity contribution in [2.75, 3.05) is 6.61 Å². The van der Waals surface area contributed by atoms with Crippen molar-refractivity contribution >= 4 is 11.9 Å². The molecule has 0 aliphatic rings. The van der Waals surface area contributed by atoms with Gasteiger partial charge in [-0.05, 0) is 17.7 Å². The quantitative estimate of drug-likeness (QED) is 0.719. The topological polar surface area (TPSA) is 65.5 Å². The van der Waals surface area contributed by atoms with Crippen molar-refractivity contribution in [3.63, 3.8) is 0 Å². The van der Waals surface area contributed by atoms with E-state index in [1.54, 1.807) is 24.5 Å². The lowest BCUT2D eigenvalue weighted by Gasteiger charge is -2.16. The Morgan fingerprint density at radius 1 is 1.25 bits per heavy atom. The lowest BCUT2D eigenvalue weighted by atomic mass is 10.1. The van der Waals surface area contributed by atoms with Crippen LogP contribution in [0.15, 0.2) is 24.5 Å². The SMILES string of the molecule is CC(=O)OCC(OC(C)=O)c1ccncc1. The number of aromatic nitrogens is 1. The van der Waals surface area contributed by atoms with E-state index < -0.39 is 18.0 Å². The molecule has 0 spiro atoms. The fourth-order valence-electron chi connectivity index (χ4n) is 1.17. The van der Waals surface area contributed by atoms with E-state index in [1.807, 2.05) is 0 Å². The largest absolute Gasteiger partial charge is 0.462 e. The van der Waals surface area contributed by atoms with Gasteiger partial charge in [-0.2, -0.15) is 0 Å². The number of rotatable bonds is 4. The van der Waals surface area contributed by atoms with Crippen LogP contribution in [0.25, 0.3) is 0 Å². The van der Waals surface area contributed by atoms with Crippen molar-refractivity contribution in [3.8, 4) is 0 Å². The Kier molecular flexibility index (Phi) is 4.44. The standard InChI is InChI=1S/C11H13NO4/c1-8(13)15-7-11(16-9(2)14)10-3-5-12-6-4-10/h3-6,11H,7H2,1-2H3. The van der Waals surface area contributed by atoms with E-state index in [2.05, 4.69) is 4.98 Å². The van der Waals surface area contributed by atoms with Crippen molar-refractivity contribution in [2.24, 2.45) is 0 Å². The number of nitrogens with zero attached hydrogens (tertiary/aromatic N) is 1. The van der Waals surface area contributed by atoms with E-state index in [-0.39, 0.29) is 6.61 Å². The molecule has 5 nitrogen and oxygen atoms in total. The summed E-state index contributed by atoms with van der Waals surface area (Å²) in [5.74, 6) is -0.833. The van der Waals surface area contributed by atoms with E-state index in [1.165, 1.54) is 13.8 Å². The van der Waals surface area contributed by atoms with Gasteiger partial charge in [-0.15, -0.1) is 0 Å². The van der Waals surface area contributed by atoms with Gasteiger partial charge in [0.25, 0.3) is 0 Å². The number of hydrogen-bond donors (Lipinski definition) is 0. The zero-order valence-electron chi connectivity index (χ0n) is 9.17. The van der Waals surface area contributed by atoms with Gasteiger partial charge in [0.15, 0.2) is 6.10 Å². The van der Waals surface area contributed by atoms with Gasteiger partial charge in [-0.1, -0.05) is 0 Å². The molecule has 0 radical (unpaired) electrons. The third kappa shape index (κ3) is 4.08. The highest BCUT2D eigenvalue weighted by molar-refractivity contribution is 5.67. The van der Waals surface area contributed by atoms with Crippen LogP contribution < -0.4 is 0 Å². The summed E-state index contributed by atoms with van der Waals surface area (Å²) in [6.45, 7) is 2.62. The summed E-state index contributed by atoms with van der Waals surface area (Å²) in [4.78, 5) is 25.4. The first kappa shape index (κ1) is 12.2. The molecule has 0 N–H and O–H groups in total. The second-order valence-electron chi connectivity index (χ2n) is 3.18. The third-order valence-corrected chi connectivity index (χ3v) is 1.82. The van der Waals surface area contributed by atoms with E-state index in [0.717, 1.165) is 5.56 Å². The van der Waals surface area contributed by atoms with Crippen LogP contribution in [0.2, 0.25) is 0 Å². The number of hydrogen-bond acceptors (Lipinski definition) is 5. The second kappa shape index (κ2) is 5.85. The minimum Gasteiger partial charge on any atom is -0.462 e. The Labute approximate surface area is 93.4 Å². The predicted molar refractivity (Wildman–Crippen MR) is 55.4 cm³/mol. The van der Waals surface area contributed by atoms with Crippen molar-refractivity contribution < 1.29 is 19.1 Å². The maximum absolute atomic E-state index is 10.9. The molecule has 16 heavy (non-hydrogen) atoms. The highest BCUT2D eigenvalue weighted by Crippen LogP contribution is 2.17. The Morgan fingerprint density at radius 2 is 1.88 bits per heavy atom. The van der Waals surface area contributed by atoms with E-state index in [4.69, 9.17) is 9.47 Å². The fraction of sp³-hybridized carbons (Fsp3) is 0.364. The summed E-state index contributed by atoms with van der Waals surface area (Å²) in [5.41, 5.74) is 0.742. The first-order chi connectivity index (χ1) is 7.59. The lowest BCUT2D eigenvalue weighted by molar-refractivity contribution is -0.156. The Hall–Kier alpha value is -1.91. The highest BCUT2D eigenvalue weighted by Gasteiger charge is 2.16. The third-order valence-electron chi connectivity index (χ3n) is 1.82. The van der Waals surface area contributed by atoms with Crippen molar-refractivity contribution in [2.45, 2.75) is 20.0 Å². The number of ether oxygens (including phenoxy) is 2. The minimum atomic E-state index is -0.579.